The third-order valence-corrected chi connectivity index (χ3v) is 3.05. The summed E-state index contributed by atoms with van der Waals surface area (Å²) >= 11 is 0. The maximum absolute atomic E-state index is 12.6. The van der Waals surface area contributed by atoms with Gasteiger partial charge in [-0.05, 0) is 37.5 Å². The number of benzene rings is 1. The van der Waals surface area contributed by atoms with Crippen LogP contribution in [0.2, 0.25) is 0 Å². The van der Waals surface area contributed by atoms with E-state index in [9.17, 15) is 4.79 Å². The van der Waals surface area contributed by atoms with E-state index in [4.69, 9.17) is 5.11 Å². The number of aryl methyl sites for hydroxylation is 1. The van der Waals surface area contributed by atoms with Gasteiger partial charge < -0.3 is 10.0 Å². The number of hydrogen-bond donors (Lipinski definition) is 1. The Hall–Kier alpha value is -1.79. The number of carbonyl (C=O) groups excluding carboxylic acids is 1. The molecule has 0 spiro atoms. The van der Waals surface area contributed by atoms with Crippen molar-refractivity contribution in [3.63, 3.8) is 0 Å². The van der Waals surface area contributed by atoms with Crippen LogP contribution in [0.1, 0.15) is 48.2 Å². The zero-order chi connectivity index (χ0) is 15.0. The zero-order valence-corrected chi connectivity index (χ0v) is 12.6. The van der Waals surface area contributed by atoms with Gasteiger partial charge in [-0.2, -0.15) is 0 Å². The largest absolute Gasteiger partial charge is 0.384 e. The van der Waals surface area contributed by atoms with Crippen LogP contribution in [-0.2, 0) is 0 Å². The predicted octanol–water partition coefficient (Wildman–Crippen LogP) is 2.60. The van der Waals surface area contributed by atoms with Gasteiger partial charge in [0, 0.05) is 24.2 Å². The average Bonchev–Trinajstić information content (AvgIpc) is 2.45. The lowest BCUT2D eigenvalue weighted by Gasteiger charge is -2.22. The van der Waals surface area contributed by atoms with Crippen LogP contribution in [-0.4, -0.2) is 35.6 Å². The third-order valence-electron chi connectivity index (χ3n) is 3.05. The molecule has 1 N–H and O–H groups in total. The van der Waals surface area contributed by atoms with Crippen LogP contribution < -0.4 is 0 Å². The maximum atomic E-state index is 12.6. The summed E-state index contributed by atoms with van der Waals surface area (Å²) in [6, 6.07) is 5.60. The fourth-order valence-electron chi connectivity index (χ4n) is 2.10. The Balaban J connectivity index is 3.06. The lowest BCUT2D eigenvalue weighted by Crippen LogP contribution is -2.33. The van der Waals surface area contributed by atoms with Crippen LogP contribution in [0.25, 0.3) is 0 Å². The van der Waals surface area contributed by atoms with Crippen molar-refractivity contribution in [3.8, 4) is 11.8 Å². The SMILES string of the molecule is CCCN(CCC)C(=O)c1cc(C#CCO)ccc1C. The number of rotatable bonds is 5. The van der Waals surface area contributed by atoms with Gasteiger partial charge in [-0.25, -0.2) is 0 Å². The Labute approximate surface area is 121 Å². The summed E-state index contributed by atoms with van der Waals surface area (Å²) in [5, 5.41) is 8.74. The van der Waals surface area contributed by atoms with Crippen molar-refractivity contribution in [3.05, 3.63) is 34.9 Å². The molecule has 3 heteroatoms. The smallest absolute Gasteiger partial charge is 0.254 e. The van der Waals surface area contributed by atoms with Crippen LogP contribution in [0.5, 0.6) is 0 Å². The van der Waals surface area contributed by atoms with Crippen molar-refractivity contribution in [2.24, 2.45) is 0 Å². The third kappa shape index (κ3) is 4.40. The van der Waals surface area contributed by atoms with E-state index in [0.29, 0.717) is 5.56 Å². The molecule has 1 aromatic carbocycles. The van der Waals surface area contributed by atoms with Gasteiger partial charge in [0.1, 0.15) is 6.61 Å². The average molecular weight is 273 g/mol. The first-order valence-corrected chi connectivity index (χ1v) is 7.13. The fourth-order valence-corrected chi connectivity index (χ4v) is 2.10. The summed E-state index contributed by atoms with van der Waals surface area (Å²) in [6.45, 7) is 7.47. The monoisotopic (exact) mass is 273 g/mol. The van der Waals surface area contributed by atoms with E-state index in [2.05, 4.69) is 25.7 Å². The number of hydrogen-bond acceptors (Lipinski definition) is 2. The molecule has 0 unspecified atom stereocenters. The van der Waals surface area contributed by atoms with Crippen molar-refractivity contribution in [1.29, 1.82) is 0 Å². The highest BCUT2D eigenvalue weighted by atomic mass is 16.2. The molecule has 0 aliphatic carbocycles. The molecular weight excluding hydrogens is 250 g/mol. The van der Waals surface area contributed by atoms with E-state index in [1.54, 1.807) is 0 Å². The van der Waals surface area contributed by atoms with Gasteiger partial charge in [0.2, 0.25) is 0 Å². The van der Waals surface area contributed by atoms with E-state index in [0.717, 1.165) is 37.1 Å². The van der Waals surface area contributed by atoms with Gasteiger partial charge in [0.05, 0.1) is 0 Å². The fraction of sp³-hybridized carbons (Fsp3) is 0.471. The van der Waals surface area contributed by atoms with E-state index < -0.39 is 0 Å². The molecule has 0 saturated carbocycles. The first-order chi connectivity index (χ1) is 9.63. The van der Waals surface area contributed by atoms with Gasteiger partial charge in [0.25, 0.3) is 5.91 Å². The highest BCUT2D eigenvalue weighted by Crippen LogP contribution is 2.14. The lowest BCUT2D eigenvalue weighted by atomic mass is 10.0. The Morgan fingerprint density at radius 1 is 1.25 bits per heavy atom. The predicted molar refractivity (Wildman–Crippen MR) is 81.6 cm³/mol. The number of nitrogens with zero attached hydrogens (tertiary/aromatic N) is 1. The van der Waals surface area contributed by atoms with Crippen LogP contribution in [0.3, 0.4) is 0 Å². The lowest BCUT2D eigenvalue weighted by molar-refractivity contribution is 0.0755. The molecule has 0 radical (unpaired) electrons. The Bertz CT molecular complexity index is 505. The van der Waals surface area contributed by atoms with E-state index in [1.165, 1.54) is 0 Å². The van der Waals surface area contributed by atoms with Crippen molar-refractivity contribution in [2.45, 2.75) is 33.6 Å². The van der Waals surface area contributed by atoms with E-state index in [-0.39, 0.29) is 12.5 Å². The molecule has 108 valence electrons. The van der Waals surface area contributed by atoms with Crippen molar-refractivity contribution < 1.29 is 9.90 Å². The first-order valence-electron chi connectivity index (χ1n) is 7.13. The number of aliphatic hydroxyl groups is 1. The molecule has 0 saturated heterocycles. The normalized spacial score (nSPS) is 9.80. The molecule has 0 aromatic heterocycles. The van der Waals surface area contributed by atoms with E-state index in [1.807, 2.05) is 30.0 Å². The molecule has 3 nitrogen and oxygen atoms in total. The number of carbonyl (C=O) groups is 1. The molecule has 1 amide bonds. The summed E-state index contributed by atoms with van der Waals surface area (Å²) in [5.74, 6) is 5.53. The molecule has 1 aromatic rings. The highest BCUT2D eigenvalue weighted by molar-refractivity contribution is 5.96. The number of amides is 1. The Morgan fingerprint density at radius 3 is 2.45 bits per heavy atom. The van der Waals surface area contributed by atoms with Crippen LogP contribution in [0.4, 0.5) is 0 Å². The number of aliphatic hydroxyl groups excluding tert-OH is 1. The molecule has 0 atom stereocenters. The van der Waals surface area contributed by atoms with Crippen molar-refractivity contribution >= 4 is 5.91 Å². The molecule has 0 aliphatic heterocycles. The van der Waals surface area contributed by atoms with Crippen LogP contribution in [0, 0.1) is 18.8 Å². The molecule has 0 bridgehead atoms. The Morgan fingerprint density at radius 2 is 1.90 bits per heavy atom. The minimum Gasteiger partial charge on any atom is -0.384 e. The van der Waals surface area contributed by atoms with Crippen molar-refractivity contribution in [2.75, 3.05) is 19.7 Å². The zero-order valence-electron chi connectivity index (χ0n) is 12.6. The molecule has 0 aliphatic rings. The van der Waals surface area contributed by atoms with Crippen LogP contribution in [0.15, 0.2) is 18.2 Å². The standard InChI is InChI=1S/C17H23NO2/c1-4-10-18(11-5-2)17(20)16-13-15(7-6-12-19)9-8-14(16)3/h8-9,13,19H,4-5,10-12H2,1-3H3. The van der Waals surface area contributed by atoms with Gasteiger partial charge in [-0.15, -0.1) is 0 Å². The summed E-state index contributed by atoms with van der Waals surface area (Å²) in [7, 11) is 0. The van der Waals surface area contributed by atoms with Crippen LogP contribution >= 0.6 is 0 Å². The van der Waals surface area contributed by atoms with Gasteiger partial charge in [0.15, 0.2) is 0 Å². The topological polar surface area (TPSA) is 40.5 Å². The summed E-state index contributed by atoms with van der Waals surface area (Å²) < 4.78 is 0. The minimum atomic E-state index is -0.172. The van der Waals surface area contributed by atoms with Gasteiger partial charge in [-0.1, -0.05) is 31.8 Å². The molecular formula is C17H23NO2. The minimum absolute atomic E-state index is 0.0684. The van der Waals surface area contributed by atoms with Gasteiger partial charge >= 0.3 is 0 Å². The second-order valence-corrected chi connectivity index (χ2v) is 4.78. The maximum Gasteiger partial charge on any atom is 0.254 e. The summed E-state index contributed by atoms with van der Waals surface area (Å²) in [5.41, 5.74) is 2.43. The highest BCUT2D eigenvalue weighted by Gasteiger charge is 2.16. The van der Waals surface area contributed by atoms with Gasteiger partial charge in [-0.3, -0.25) is 4.79 Å². The quantitative estimate of drug-likeness (QED) is 0.838. The Kier molecular flexibility index (Phi) is 6.83. The summed E-state index contributed by atoms with van der Waals surface area (Å²) in [4.78, 5) is 14.5. The van der Waals surface area contributed by atoms with E-state index >= 15 is 0 Å². The first kappa shape index (κ1) is 16.3. The second kappa shape index (κ2) is 8.39. The molecule has 1 rings (SSSR count). The molecule has 0 fully saturated rings. The second-order valence-electron chi connectivity index (χ2n) is 4.78. The van der Waals surface area contributed by atoms with Crippen molar-refractivity contribution in [1.82, 2.24) is 4.90 Å². The summed E-state index contributed by atoms with van der Waals surface area (Å²) in [6.07, 6.45) is 1.91. The molecule has 20 heavy (non-hydrogen) atoms. The molecule has 0 heterocycles.